The van der Waals surface area contributed by atoms with Crippen LogP contribution in [0.15, 0.2) is 47.0 Å². The van der Waals surface area contributed by atoms with E-state index in [1.54, 1.807) is 0 Å². The van der Waals surface area contributed by atoms with Gasteiger partial charge in [-0.15, -0.1) is 0 Å². The molecular weight excluding hydrogens is 408 g/mol. The molecule has 1 aliphatic carbocycles. The molecule has 164 valence electrons. The van der Waals surface area contributed by atoms with Gasteiger partial charge >= 0.3 is 0 Å². The lowest BCUT2D eigenvalue weighted by Gasteiger charge is -2.27. The second kappa shape index (κ2) is 10.2. The van der Waals surface area contributed by atoms with Gasteiger partial charge in [0.25, 0.3) is 0 Å². The fourth-order valence-electron chi connectivity index (χ4n) is 4.23. The average molecular weight is 439 g/mol. The Morgan fingerprint density at radius 1 is 1.23 bits per heavy atom. The Bertz CT molecular complexity index is 967. The van der Waals surface area contributed by atoms with Gasteiger partial charge in [-0.3, -0.25) is 9.59 Å². The maximum Gasteiger partial charge on any atom is 0.237 e. The smallest absolute Gasteiger partial charge is 0.237 e. The molecule has 1 aromatic carbocycles. The lowest BCUT2D eigenvalue weighted by molar-refractivity contribution is -0.121. The molecule has 7 heteroatoms. The van der Waals surface area contributed by atoms with Crippen LogP contribution in [0.2, 0.25) is 0 Å². The van der Waals surface area contributed by atoms with Crippen molar-refractivity contribution in [3.63, 3.8) is 0 Å². The van der Waals surface area contributed by atoms with E-state index in [4.69, 9.17) is 5.10 Å². The molecule has 0 saturated heterocycles. The summed E-state index contributed by atoms with van der Waals surface area (Å²) in [6.45, 7) is 3.18. The van der Waals surface area contributed by atoms with Crippen LogP contribution >= 0.6 is 11.8 Å². The van der Waals surface area contributed by atoms with Crippen molar-refractivity contribution in [1.29, 1.82) is 0 Å². The van der Waals surface area contributed by atoms with Gasteiger partial charge < -0.3 is 10.2 Å². The average Bonchev–Trinajstić information content (AvgIpc) is 3.13. The SMILES string of the molecule is Cc1nn(-c2ccccc2)c2c1N(CCCC(=O)NCCC1=CCCCC1)C(=O)CS2. The molecule has 31 heavy (non-hydrogen) atoms. The van der Waals surface area contributed by atoms with Gasteiger partial charge in [-0.05, 0) is 57.6 Å². The third kappa shape index (κ3) is 5.21. The first-order valence-corrected chi connectivity index (χ1v) is 12.1. The number of amides is 2. The Morgan fingerprint density at radius 2 is 2.06 bits per heavy atom. The quantitative estimate of drug-likeness (QED) is 0.620. The van der Waals surface area contributed by atoms with Crippen LogP contribution in [0.25, 0.3) is 5.69 Å². The lowest BCUT2D eigenvalue weighted by Crippen LogP contribution is -2.37. The molecule has 1 N–H and O–H groups in total. The largest absolute Gasteiger partial charge is 0.356 e. The predicted octanol–water partition coefficient (Wildman–Crippen LogP) is 4.41. The van der Waals surface area contributed by atoms with Crippen molar-refractivity contribution in [3.05, 3.63) is 47.7 Å². The number of aromatic nitrogens is 2. The van der Waals surface area contributed by atoms with E-state index in [1.807, 2.05) is 46.8 Å². The summed E-state index contributed by atoms with van der Waals surface area (Å²) in [6.07, 6.45) is 9.24. The second-order valence-electron chi connectivity index (χ2n) is 8.13. The first-order valence-electron chi connectivity index (χ1n) is 11.2. The van der Waals surface area contributed by atoms with Crippen molar-refractivity contribution < 1.29 is 9.59 Å². The number of fused-ring (bicyclic) bond motifs is 1. The molecule has 2 aliphatic rings. The zero-order valence-corrected chi connectivity index (χ0v) is 18.9. The molecule has 0 spiro atoms. The number of hydrogen-bond acceptors (Lipinski definition) is 4. The maximum atomic E-state index is 12.6. The van der Waals surface area contributed by atoms with Crippen LogP contribution in [-0.4, -0.2) is 40.4 Å². The number of rotatable bonds is 8. The number of allylic oxidation sites excluding steroid dienone is 1. The molecule has 4 rings (SSSR count). The zero-order chi connectivity index (χ0) is 21.6. The number of nitrogens with zero attached hydrogens (tertiary/aromatic N) is 3. The number of carbonyl (C=O) groups excluding carboxylic acids is 2. The van der Waals surface area contributed by atoms with E-state index < -0.39 is 0 Å². The number of hydrogen-bond donors (Lipinski definition) is 1. The number of nitrogens with one attached hydrogen (secondary N) is 1. The number of para-hydroxylation sites is 1. The summed E-state index contributed by atoms with van der Waals surface area (Å²) in [7, 11) is 0. The van der Waals surface area contributed by atoms with Gasteiger partial charge in [-0.25, -0.2) is 4.68 Å². The highest BCUT2D eigenvalue weighted by Crippen LogP contribution is 2.39. The molecular formula is C24H30N4O2S. The van der Waals surface area contributed by atoms with Crippen LogP contribution < -0.4 is 10.2 Å². The summed E-state index contributed by atoms with van der Waals surface area (Å²) in [4.78, 5) is 26.7. The van der Waals surface area contributed by atoms with Gasteiger partial charge in [0.15, 0.2) is 0 Å². The van der Waals surface area contributed by atoms with Crippen LogP contribution in [0, 0.1) is 6.92 Å². The van der Waals surface area contributed by atoms with Crippen molar-refractivity contribution in [2.75, 3.05) is 23.7 Å². The van der Waals surface area contributed by atoms with Gasteiger partial charge in [0.1, 0.15) is 5.03 Å². The fraction of sp³-hybridized carbons (Fsp3) is 0.458. The van der Waals surface area contributed by atoms with Crippen molar-refractivity contribution in [1.82, 2.24) is 15.1 Å². The van der Waals surface area contributed by atoms with Gasteiger partial charge in [0, 0.05) is 19.5 Å². The van der Waals surface area contributed by atoms with Crippen LogP contribution in [0.5, 0.6) is 0 Å². The number of benzene rings is 1. The van der Waals surface area contributed by atoms with E-state index in [0.717, 1.165) is 28.5 Å². The molecule has 6 nitrogen and oxygen atoms in total. The molecule has 0 bridgehead atoms. The molecule has 2 heterocycles. The highest BCUT2D eigenvalue weighted by molar-refractivity contribution is 8.00. The van der Waals surface area contributed by atoms with E-state index in [0.29, 0.717) is 31.7 Å². The summed E-state index contributed by atoms with van der Waals surface area (Å²) in [6, 6.07) is 9.98. The molecule has 1 aliphatic heterocycles. The van der Waals surface area contributed by atoms with Crippen molar-refractivity contribution in [2.45, 2.75) is 56.9 Å². The summed E-state index contributed by atoms with van der Waals surface area (Å²) in [5, 5.41) is 8.72. The molecule has 0 saturated carbocycles. The summed E-state index contributed by atoms with van der Waals surface area (Å²) >= 11 is 1.53. The van der Waals surface area contributed by atoms with Crippen molar-refractivity contribution in [2.24, 2.45) is 0 Å². The van der Waals surface area contributed by atoms with Crippen LogP contribution in [0.1, 0.15) is 50.6 Å². The number of anilines is 1. The van der Waals surface area contributed by atoms with Gasteiger partial charge in [-0.1, -0.05) is 41.6 Å². The number of carbonyl (C=O) groups is 2. The van der Waals surface area contributed by atoms with Gasteiger partial charge in [-0.2, -0.15) is 5.10 Å². The standard InChI is InChI=1S/C24H30N4O2S/c1-18-23-24(28(26-18)20-11-6-3-7-12-20)31-17-22(30)27(23)16-8-13-21(29)25-15-14-19-9-4-2-5-10-19/h3,6-7,9,11-12H,2,4-5,8,10,13-17H2,1H3,(H,25,29). The third-order valence-electron chi connectivity index (χ3n) is 5.83. The molecule has 2 aromatic rings. The Kier molecular flexibility index (Phi) is 7.12. The monoisotopic (exact) mass is 438 g/mol. The van der Waals surface area contributed by atoms with Gasteiger partial charge in [0.05, 0.1) is 22.8 Å². The highest BCUT2D eigenvalue weighted by Gasteiger charge is 2.31. The third-order valence-corrected chi connectivity index (χ3v) is 6.86. The maximum absolute atomic E-state index is 12.6. The van der Waals surface area contributed by atoms with Crippen LogP contribution in [0.3, 0.4) is 0 Å². The molecule has 0 fully saturated rings. The van der Waals surface area contributed by atoms with Crippen molar-refractivity contribution in [3.8, 4) is 5.69 Å². The van der Waals surface area contributed by atoms with E-state index in [2.05, 4.69) is 11.4 Å². The lowest BCUT2D eigenvalue weighted by atomic mass is 9.97. The Morgan fingerprint density at radius 3 is 2.84 bits per heavy atom. The Labute approximate surface area is 188 Å². The first-order chi connectivity index (χ1) is 15.1. The Balaban J connectivity index is 1.33. The molecule has 0 unspecified atom stereocenters. The summed E-state index contributed by atoms with van der Waals surface area (Å²) in [5.41, 5.74) is 4.18. The van der Waals surface area contributed by atoms with Gasteiger partial charge in [0.2, 0.25) is 11.8 Å². The molecule has 0 atom stereocenters. The zero-order valence-electron chi connectivity index (χ0n) is 18.1. The Hall–Kier alpha value is -2.54. The minimum Gasteiger partial charge on any atom is -0.356 e. The fourth-order valence-corrected chi connectivity index (χ4v) is 5.31. The summed E-state index contributed by atoms with van der Waals surface area (Å²) < 4.78 is 1.92. The van der Waals surface area contributed by atoms with E-state index in [9.17, 15) is 9.59 Å². The minimum atomic E-state index is 0.0622. The van der Waals surface area contributed by atoms with Crippen molar-refractivity contribution >= 4 is 29.3 Å². The second-order valence-corrected chi connectivity index (χ2v) is 9.10. The molecule has 0 radical (unpaired) electrons. The van der Waals surface area contributed by atoms with E-state index in [-0.39, 0.29) is 11.8 Å². The highest BCUT2D eigenvalue weighted by atomic mass is 32.2. The van der Waals surface area contributed by atoms with Crippen LogP contribution in [0.4, 0.5) is 5.69 Å². The molecule has 2 amide bonds. The normalized spacial score (nSPS) is 16.1. The summed E-state index contributed by atoms with van der Waals surface area (Å²) in [5.74, 6) is 0.539. The minimum absolute atomic E-state index is 0.0622. The topological polar surface area (TPSA) is 67.2 Å². The van der Waals surface area contributed by atoms with E-state index >= 15 is 0 Å². The predicted molar refractivity (Wildman–Crippen MR) is 125 cm³/mol. The number of aryl methyl sites for hydroxylation is 1. The first kappa shape index (κ1) is 21.7. The van der Waals surface area contributed by atoms with Crippen LogP contribution in [-0.2, 0) is 9.59 Å². The molecule has 1 aromatic heterocycles. The number of thioether (sulfide) groups is 1. The van der Waals surface area contributed by atoms with E-state index in [1.165, 1.54) is 43.0 Å².